The van der Waals surface area contributed by atoms with Gasteiger partial charge in [0.1, 0.15) is 0 Å². The standard InChI is InChI=1S/C18H24F3N5O2S.HI/c1-2-23-17(24-12-15-5-3-14(11-22)4-6-15)25-13-16-7-9-26(10-8-16)29(27,28)18(19,20)21;/h3-6,16H,2,7-10,12-13H2,1H3,(H2,23,24,25);1H. The van der Waals surface area contributed by atoms with Crippen molar-refractivity contribution in [1.29, 1.82) is 5.26 Å². The van der Waals surface area contributed by atoms with Crippen molar-refractivity contribution in [2.45, 2.75) is 31.8 Å². The Bertz CT molecular complexity index is 846. The fourth-order valence-corrected chi connectivity index (χ4v) is 3.92. The molecular formula is C18H25F3IN5O2S. The third-order valence-electron chi connectivity index (χ3n) is 4.61. The summed E-state index contributed by atoms with van der Waals surface area (Å²) in [7, 11) is -5.25. The first-order chi connectivity index (χ1) is 13.7. The van der Waals surface area contributed by atoms with Crippen molar-refractivity contribution in [3.05, 3.63) is 35.4 Å². The summed E-state index contributed by atoms with van der Waals surface area (Å²) >= 11 is 0. The number of nitrogens with one attached hydrogen (secondary N) is 2. The van der Waals surface area contributed by atoms with Crippen molar-refractivity contribution in [2.24, 2.45) is 10.9 Å². The maximum atomic E-state index is 12.6. The molecule has 12 heteroatoms. The molecule has 0 amide bonds. The van der Waals surface area contributed by atoms with Crippen LogP contribution in [-0.4, -0.2) is 50.4 Å². The highest BCUT2D eigenvalue weighted by Gasteiger charge is 2.50. The molecule has 1 heterocycles. The zero-order valence-electron chi connectivity index (χ0n) is 16.4. The number of alkyl halides is 3. The van der Waals surface area contributed by atoms with E-state index in [-0.39, 0.29) is 43.0 Å². The molecule has 0 unspecified atom stereocenters. The van der Waals surface area contributed by atoms with Gasteiger partial charge in [0.25, 0.3) is 0 Å². The van der Waals surface area contributed by atoms with Crippen LogP contribution in [0.5, 0.6) is 0 Å². The van der Waals surface area contributed by atoms with E-state index in [1.54, 1.807) is 12.1 Å². The van der Waals surface area contributed by atoms with E-state index in [1.165, 1.54) is 0 Å². The van der Waals surface area contributed by atoms with Gasteiger partial charge in [-0.2, -0.15) is 22.7 Å². The Kier molecular flexibility index (Phi) is 10.3. The van der Waals surface area contributed by atoms with Crippen LogP contribution in [0.1, 0.15) is 30.9 Å². The van der Waals surface area contributed by atoms with E-state index in [0.29, 0.717) is 48.3 Å². The van der Waals surface area contributed by atoms with Crippen LogP contribution in [-0.2, 0) is 16.6 Å². The molecule has 0 saturated carbocycles. The van der Waals surface area contributed by atoms with E-state index in [1.807, 2.05) is 19.1 Å². The molecule has 1 aromatic carbocycles. The van der Waals surface area contributed by atoms with Crippen LogP contribution in [0, 0.1) is 17.2 Å². The Labute approximate surface area is 191 Å². The number of rotatable bonds is 6. The van der Waals surface area contributed by atoms with E-state index in [9.17, 15) is 21.6 Å². The van der Waals surface area contributed by atoms with Crippen LogP contribution < -0.4 is 10.6 Å². The first-order valence-electron chi connectivity index (χ1n) is 9.25. The molecule has 0 radical (unpaired) electrons. The number of sulfonamides is 1. The summed E-state index contributed by atoms with van der Waals surface area (Å²) in [6.45, 7) is 3.16. The Morgan fingerprint density at radius 3 is 2.33 bits per heavy atom. The quantitative estimate of drug-likeness (QED) is 0.318. The maximum absolute atomic E-state index is 12.6. The Hall–Kier alpha value is -1.59. The largest absolute Gasteiger partial charge is 0.511 e. The Morgan fingerprint density at radius 1 is 1.23 bits per heavy atom. The second-order valence-electron chi connectivity index (χ2n) is 6.68. The van der Waals surface area contributed by atoms with Crippen LogP contribution in [0.15, 0.2) is 29.3 Å². The van der Waals surface area contributed by atoms with Crippen molar-refractivity contribution in [2.75, 3.05) is 26.2 Å². The lowest BCUT2D eigenvalue weighted by Crippen LogP contribution is -2.47. The molecular weight excluding hydrogens is 534 g/mol. The van der Waals surface area contributed by atoms with E-state index < -0.39 is 15.5 Å². The minimum Gasteiger partial charge on any atom is -0.357 e. The monoisotopic (exact) mass is 559 g/mol. The van der Waals surface area contributed by atoms with Gasteiger partial charge in [0.15, 0.2) is 5.96 Å². The van der Waals surface area contributed by atoms with E-state index in [0.717, 1.165) is 5.56 Å². The number of nitrogens with zero attached hydrogens (tertiary/aromatic N) is 3. The summed E-state index contributed by atoms with van der Waals surface area (Å²) in [4.78, 5) is 4.47. The SMILES string of the molecule is CCNC(=NCc1ccc(C#N)cc1)NCC1CCN(S(=O)(=O)C(F)(F)F)CC1.I. The smallest absolute Gasteiger partial charge is 0.357 e. The Balaban J connectivity index is 0.00000450. The predicted molar refractivity (Wildman–Crippen MR) is 119 cm³/mol. The highest BCUT2D eigenvalue weighted by Crippen LogP contribution is 2.30. The molecule has 0 bridgehead atoms. The van der Waals surface area contributed by atoms with Gasteiger partial charge in [0, 0.05) is 26.2 Å². The fraction of sp³-hybridized carbons (Fsp3) is 0.556. The van der Waals surface area contributed by atoms with Gasteiger partial charge in [-0.25, -0.2) is 13.4 Å². The minimum absolute atomic E-state index is 0. The number of halogens is 4. The summed E-state index contributed by atoms with van der Waals surface area (Å²) < 4.78 is 61.4. The summed E-state index contributed by atoms with van der Waals surface area (Å²) in [6, 6.07) is 9.13. The molecule has 168 valence electrons. The summed E-state index contributed by atoms with van der Waals surface area (Å²) in [5, 5.41) is 15.1. The van der Waals surface area contributed by atoms with Gasteiger partial charge in [-0.3, -0.25) is 0 Å². The molecule has 2 N–H and O–H groups in total. The van der Waals surface area contributed by atoms with Crippen molar-refractivity contribution >= 4 is 40.0 Å². The maximum Gasteiger partial charge on any atom is 0.511 e. The third-order valence-corrected chi connectivity index (χ3v) is 6.24. The molecule has 30 heavy (non-hydrogen) atoms. The van der Waals surface area contributed by atoms with E-state index >= 15 is 0 Å². The molecule has 0 aromatic heterocycles. The summed E-state index contributed by atoms with van der Waals surface area (Å²) in [6.07, 6.45) is 0.689. The van der Waals surface area contributed by atoms with Crippen LogP contribution in [0.2, 0.25) is 0 Å². The topological polar surface area (TPSA) is 97.6 Å². The summed E-state index contributed by atoms with van der Waals surface area (Å²) in [5.74, 6) is 0.621. The highest BCUT2D eigenvalue weighted by molar-refractivity contribution is 14.0. The predicted octanol–water partition coefficient (Wildman–Crippen LogP) is 2.79. The second kappa shape index (κ2) is 11.7. The van der Waals surface area contributed by atoms with Gasteiger partial charge in [0.2, 0.25) is 0 Å². The third kappa shape index (κ3) is 7.28. The van der Waals surface area contributed by atoms with Crippen molar-refractivity contribution < 1.29 is 21.6 Å². The van der Waals surface area contributed by atoms with Gasteiger partial charge in [0.05, 0.1) is 18.2 Å². The lowest BCUT2D eigenvalue weighted by molar-refractivity contribution is -0.0496. The van der Waals surface area contributed by atoms with E-state index in [4.69, 9.17) is 5.26 Å². The zero-order valence-corrected chi connectivity index (χ0v) is 19.6. The molecule has 1 aliphatic rings. The fourth-order valence-electron chi connectivity index (χ4n) is 2.94. The van der Waals surface area contributed by atoms with Gasteiger partial charge in [-0.1, -0.05) is 12.1 Å². The van der Waals surface area contributed by atoms with Crippen LogP contribution in [0.4, 0.5) is 13.2 Å². The van der Waals surface area contributed by atoms with Gasteiger partial charge in [-0.05, 0) is 43.4 Å². The van der Waals surface area contributed by atoms with Crippen LogP contribution in [0.3, 0.4) is 0 Å². The molecule has 1 fully saturated rings. The van der Waals surface area contributed by atoms with Gasteiger partial charge in [-0.15, -0.1) is 24.0 Å². The van der Waals surface area contributed by atoms with Crippen LogP contribution >= 0.6 is 24.0 Å². The molecule has 0 atom stereocenters. The average molecular weight is 559 g/mol. The molecule has 0 spiro atoms. The first-order valence-corrected chi connectivity index (χ1v) is 10.7. The summed E-state index contributed by atoms with van der Waals surface area (Å²) in [5.41, 5.74) is -3.75. The van der Waals surface area contributed by atoms with Gasteiger partial charge >= 0.3 is 15.5 Å². The van der Waals surface area contributed by atoms with Crippen molar-refractivity contribution in [3.8, 4) is 6.07 Å². The number of aliphatic imine (C=N–C) groups is 1. The first kappa shape index (κ1) is 26.4. The normalized spacial score (nSPS) is 16.4. The highest BCUT2D eigenvalue weighted by atomic mass is 127. The van der Waals surface area contributed by atoms with Crippen LogP contribution in [0.25, 0.3) is 0 Å². The number of benzene rings is 1. The number of guanidine groups is 1. The van der Waals surface area contributed by atoms with Crippen molar-refractivity contribution in [3.63, 3.8) is 0 Å². The molecule has 7 nitrogen and oxygen atoms in total. The molecule has 2 rings (SSSR count). The molecule has 1 aromatic rings. The second-order valence-corrected chi connectivity index (χ2v) is 8.61. The zero-order chi connectivity index (χ0) is 21.5. The number of hydrogen-bond acceptors (Lipinski definition) is 4. The number of hydrogen-bond donors (Lipinski definition) is 2. The molecule has 1 saturated heterocycles. The molecule has 1 aliphatic heterocycles. The van der Waals surface area contributed by atoms with E-state index in [2.05, 4.69) is 21.7 Å². The number of nitriles is 1. The number of piperidine rings is 1. The van der Waals surface area contributed by atoms with Crippen molar-refractivity contribution in [1.82, 2.24) is 14.9 Å². The molecule has 0 aliphatic carbocycles. The van der Waals surface area contributed by atoms with Gasteiger partial charge < -0.3 is 10.6 Å². The lowest BCUT2D eigenvalue weighted by atomic mass is 9.98. The average Bonchev–Trinajstić information content (AvgIpc) is 2.70. The lowest BCUT2D eigenvalue weighted by Gasteiger charge is -2.31. The minimum atomic E-state index is -5.26. The Morgan fingerprint density at radius 2 is 1.83 bits per heavy atom.